The molecule has 0 spiro atoms. The highest BCUT2D eigenvalue weighted by molar-refractivity contribution is 5.34. The smallest absolute Gasteiger partial charge is 0.120 e. The number of hydrogen-bond donors (Lipinski definition) is 2. The van der Waals surface area contributed by atoms with E-state index in [0.29, 0.717) is 5.75 Å². The van der Waals surface area contributed by atoms with Crippen LogP contribution in [0, 0.1) is 0 Å². The fourth-order valence-electron chi connectivity index (χ4n) is 1.76. The van der Waals surface area contributed by atoms with E-state index in [1.165, 1.54) is 0 Å². The molecule has 0 bridgehead atoms. The van der Waals surface area contributed by atoms with Gasteiger partial charge in [-0.1, -0.05) is 37.3 Å². The minimum absolute atomic E-state index is 0.242. The van der Waals surface area contributed by atoms with Crippen molar-refractivity contribution in [3.63, 3.8) is 0 Å². The van der Waals surface area contributed by atoms with Gasteiger partial charge in [-0.15, -0.1) is 0 Å². The SMILES string of the molecule is C/C=C/CCNC(CC)c1ccccc1O. The van der Waals surface area contributed by atoms with Gasteiger partial charge in [-0.2, -0.15) is 0 Å². The standard InChI is InChI=1S/C14H21NO/c1-3-5-8-11-15-13(4-2)12-9-6-7-10-14(12)16/h3,5-7,9-10,13,15-16H,4,8,11H2,1-2H3/b5-3+. The molecule has 0 aliphatic carbocycles. The number of para-hydroxylation sites is 1. The minimum Gasteiger partial charge on any atom is -0.508 e. The first-order chi connectivity index (χ1) is 7.79. The highest BCUT2D eigenvalue weighted by Gasteiger charge is 2.11. The summed E-state index contributed by atoms with van der Waals surface area (Å²) < 4.78 is 0. The Hall–Kier alpha value is -1.28. The predicted octanol–water partition coefficient (Wildman–Crippen LogP) is 3.40. The van der Waals surface area contributed by atoms with Gasteiger partial charge >= 0.3 is 0 Å². The molecule has 88 valence electrons. The van der Waals surface area contributed by atoms with Crippen molar-refractivity contribution in [1.29, 1.82) is 0 Å². The summed E-state index contributed by atoms with van der Waals surface area (Å²) in [6, 6.07) is 7.78. The molecule has 1 atom stereocenters. The molecule has 0 aliphatic heterocycles. The van der Waals surface area contributed by atoms with Crippen LogP contribution >= 0.6 is 0 Å². The van der Waals surface area contributed by atoms with E-state index in [4.69, 9.17) is 0 Å². The Bertz CT molecular complexity index is 333. The molecule has 1 unspecified atom stereocenters. The summed E-state index contributed by atoms with van der Waals surface area (Å²) in [6.45, 7) is 5.09. The molecule has 1 aromatic rings. The van der Waals surface area contributed by atoms with Gasteiger partial charge in [-0.05, 0) is 32.4 Å². The molecule has 2 nitrogen and oxygen atoms in total. The maximum absolute atomic E-state index is 9.76. The van der Waals surface area contributed by atoms with Gasteiger partial charge in [0.1, 0.15) is 5.75 Å². The second kappa shape index (κ2) is 7.07. The molecule has 16 heavy (non-hydrogen) atoms. The third-order valence-electron chi connectivity index (χ3n) is 2.66. The molecule has 0 saturated carbocycles. The van der Waals surface area contributed by atoms with Gasteiger partial charge in [-0.25, -0.2) is 0 Å². The van der Waals surface area contributed by atoms with Crippen LogP contribution in [0.2, 0.25) is 0 Å². The average Bonchev–Trinajstić information content (AvgIpc) is 2.31. The van der Waals surface area contributed by atoms with E-state index in [0.717, 1.165) is 24.9 Å². The molecule has 0 amide bonds. The Morgan fingerprint density at radius 2 is 2.12 bits per heavy atom. The Balaban J connectivity index is 2.57. The predicted molar refractivity (Wildman–Crippen MR) is 68.6 cm³/mol. The van der Waals surface area contributed by atoms with Crippen molar-refractivity contribution in [3.05, 3.63) is 42.0 Å². The summed E-state index contributed by atoms with van der Waals surface area (Å²) in [5.41, 5.74) is 0.991. The van der Waals surface area contributed by atoms with E-state index >= 15 is 0 Å². The van der Waals surface area contributed by atoms with Gasteiger partial charge < -0.3 is 10.4 Å². The number of aromatic hydroxyl groups is 1. The lowest BCUT2D eigenvalue weighted by Gasteiger charge is -2.18. The number of benzene rings is 1. The van der Waals surface area contributed by atoms with Crippen molar-refractivity contribution in [2.24, 2.45) is 0 Å². The largest absolute Gasteiger partial charge is 0.508 e. The van der Waals surface area contributed by atoms with Crippen LogP contribution in [-0.4, -0.2) is 11.7 Å². The third kappa shape index (κ3) is 3.70. The first-order valence-electron chi connectivity index (χ1n) is 5.92. The zero-order valence-corrected chi connectivity index (χ0v) is 10.1. The molecule has 0 saturated heterocycles. The quantitative estimate of drug-likeness (QED) is 0.567. The molecule has 0 aromatic heterocycles. The van der Waals surface area contributed by atoms with E-state index < -0.39 is 0 Å². The fourth-order valence-corrected chi connectivity index (χ4v) is 1.76. The minimum atomic E-state index is 0.242. The van der Waals surface area contributed by atoms with Crippen LogP contribution in [0.25, 0.3) is 0 Å². The Labute approximate surface area is 98.0 Å². The van der Waals surface area contributed by atoms with Gasteiger partial charge in [0.25, 0.3) is 0 Å². The topological polar surface area (TPSA) is 32.3 Å². The molecule has 1 rings (SSSR count). The van der Waals surface area contributed by atoms with Crippen molar-refractivity contribution < 1.29 is 5.11 Å². The summed E-state index contributed by atoms with van der Waals surface area (Å²) in [4.78, 5) is 0. The Morgan fingerprint density at radius 1 is 1.38 bits per heavy atom. The van der Waals surface area contributed by atoms with E-state index in [1.807, 2.05) is 25.1 Å². The van der Waals surface area contributed by atoms with Gasteiger partial charge in [0, 0.05) is 11.6 Å². The third-order valence-corrected chi connectivity index (χ3v) is 2.66. The average molecular weight is 219 g/mol. The van der Waals surface area contributed by atoms with Crippen LogP contribution in [0.15, 0.2) is 36.4 Å². The normalized spacial score (nSPS) is 13.1. The van der Waals surface area contributed by atoms with Crippen LogP contribution in [-0.2, 0) is 0 Å². The van der Waals surface area contributed by atoms with Gasteiger partial charge in [0.2, 0.25) is 0 Å². The highest BCUT2D eigenvalue weighted by atomic mass is 16.3. The summed E-state index contributed by atoms with van der Waals surface area (Å²) in [5.74, 6) is 0.382. The molecule has 2 heteroatoms. The maximum atomic E-state index is 9.76. The number of rotatable bonds is 6. The molecule has 0 heterocycles. The maximum Gasteiger partial charge on any atom is 0.120 e. The first kappa shape index (κ1) is 12.8. The lowest BCUT2D eigenvalue weighted by molar-refractivity contribution is 0.442. The molecule has 0 fully saturated rings. The summed E-state index contributed by atoms with van der Waals surface area (Å²) >= 11 is 0. The molecule has 0 radical (unpaired) electrons. The summed E-state index contributed by atoms with van der Waals surface area (Å²) in [6.07, 6.45) is 6.21. The van der Waals surface area contributed by atoms with Crippen LogP contribution in [0.4, 0.5) is 0 Å². The Morgan fingerprint density at radius 3 is 2.75 bits per heavy atom. The van der Waals surface area contributed by atoms with Crippen LogP contribution in [0.3, 0.4) is 0 Å². The van der Waals surface area contributed by atoms with Crippen LogP contribution in [0.5, 0.6) is 5.75 Å². The van der Waals surface area contributed by atoms with Crippen molar-refractivity contribution >= 4 is 0 Å². The van der Waals surface area contributed by atoms with E-state index in [9.17, 15) is 5.11 Å². The highest BCUT2D eigenvalue weighted by Crippen LogP contribution is 2.25. The van der Waals surface area contributed by atoms with Gasteiger partial charge in [0.15, 0.2) is 0 Å². The molecule has 1 aromatic carbocycles. The summed E-state index contributed by atoms with van der Waals surface area (Å²) in [5, 5.41) is 13.2. The lowest BCUT2D eigenvalue weighted by Crippen LogP contribution is -2.21. The Kier molecular flexibility index (Phi) is 5.65. The molecular weight excluding hydrogens is 198 g/mol. The van der Waals surface area contributed by atoms with Gasteiger partial charge in [-0.3, -0.25) is 0 Å². The van der Waals surface area contributed by atoms with Crippen LogP contribution < -0.4 is 5.32 Å². The number of hydrogen-bond acceptors (Lipinski definition) is 2. The van der Waals surface area contributed by atoms with Gasteiger partial charge in [0.05, 0.1) is 0 Å². The second-order valence-electron chi connectivity index (χ2n) is 3.83. The van der Waals surface area contributed by atoms with E-state index in [2.05, 4.69) is 24.4 Å². The lowest BCUT2D eigenvalue weighted by atomic mass is 10.0. The van der Waals surface area contributed by atoms with E-state index in [-0.39, 0.29) is 6.04 Å². The van der Waals surface area contributed by atoms with Crippen molar-refractivity contribution in [3.8, 4) is 5.75 Å². The monoisotopic (exact) mass is 219 g/mol. The fraction of sp³-hybridized carbons (Fsp3) is 0.429. The van der Waals surface area contributed by atoms with Crippen molar-refractivity contribution in [2.45, 2.75) is 32.7 Å². The molecule has 0 aliphatic rings. The number of phenolic OH excluding ortho intramolecular Hbond substituents is 1. The van der Waals surface area contributed by atoms with E-state index in [1.54, 1.807) is 6.07 Å². The summed E-state index contributed by atoms with van der Waals surface area (Å²) in [7, 11) is 0. The zero-order valence-electron chi connectivity index (χ0n) is 10.1. The number of phenols is 1. The molecule has 2 N–H and O–H groups in total. The van der Waals surface area contributed by atoms with Crippen molar-refractivity contribution in [1.82, 2.24) is 5.32 Å². The number of allylic oxidation sites excluding steroid dienone is 1. The second-order valence-corrected chi connectivity index (χ2v) is 3.83. The van der Waals surface area contributed by atoms with Crippen molar-refractivity contribution in [2.75, 3.05) is 6.54 Å². The molecular formula is C14H21NO. The van der Waals surface area contributed by atoms with Crippen LogP contribution in [0.1, 0.15) is 38.3 Å². The zero-order chi connectivity index (χ0) is 11.8. The number of nitrogens with one attached hydrogen (secondary N) is 1. The first-order valence-corrected chi connectivity index (χ1v) is 5.92.